The molecule has 5 nitrogen and oxygen atoms in total. The zero-order valence-corrected chi connectivity index (χ0v) is 16.0. The minimum atomic E-state index is -3.60. The molecule has 136 valence electrons. The Labute approximate surface area is 151 Å². The second-order valence-corrected chi connectivity index (χ2v) is 7.68. The van der Waals surface area contributed by atoms with E-state index < -0.39 is 10.0 Å². The highest BCUT2D eigenvalue weighted by atomic mass is 32.2. The topological polar surface area (TPSA) is 62.3 Å². The van der Waals surface area contributed by atoms with Crippen LogP contribution in [0, 0.1) is 0 Å². The van der Waals surface area contributed by atoms with Crippen LogP contribution in [0.4, 0.5) is 11.5 Å². The summed E-state index contributed by atoms with van der Waals surface area (Å²) in [6.07, 6.45) is 4.55. The second-order valence-electron chi connectivity index (χ2n) is 6.00. The number of hydrogen-bond donors (Lipinski definition) is 1. The van der Waals surface area contributed by atoms with Gasteiger partial charge in [0.25, 0.3) is 10.0 Å². The zero-order chi connectivity index (χ0) is 18.3. The SMILES string of the molecule is CCCN(CCC)c1ccc(NS(=O)(=O)c2ccc(CC)cc2)cn1. The molecule has 0 aliphatic carbocycles. The Balaban J connectivity index is 2.13. The molecule has 2 rings (SSSR count). The molecule has 1 heterocycles. The molecule has 0 saturated carbocycles. The molecule has 0 fully saturated rings. The summed E-state index contributed by atoms with van der Waals surface area (Å²) >= 11 is 0. The third-order valence-electron chi connectivity index (χ3n) is 3.95. The highest BCUT2D eigenvalue weighted by molar-refractivity contribution is 7.92. The van der Waals surface area contributed by atoms with Gasteiger partial charge in [-0.2, -0.15) is 0 Å². The predicted octanol–water partition coefficient (Wildman–Crippen LogP) is 4.07. The minimum Gasteiger partial charge on any atom is -0.357 e. The van der Waals surface area contributed by atoms with Gasteiger partial charge in [0.05, 0.1) is 16.8 Å². The summed E-state index contributed by atoms with van der Waals surface area (Å²) in [6, 6.07) is 10.6. The largest absolute Gasteiger partial charge is 0.357 e. The number of anilines is 2. The molecule has 0 unspecified atom stereocenters. The fourth-order valence-electron chi connectivity index (χ4n) is 2.63. The van der Waals surface area contributed by atoms with Crippen LogP contribution in [0.2, 0.25) is 0 Å². The van der Waals surface area contributed by atoms with E-state index in [1.807, 2.05) is 25.1 Å². The van der Waals surface area contributed by atoms with E-state index in [1.165, 1.54) is 0 Å². The molecule has 25 heavy (non-hydrogen) atoms. The van der Waals surface area contributed by atoms with Gasteiger partial charge in [-0.1, -0.05) is 32.9 Å². The second kappa shape index (κ2) is 8.85. The van der Waals surface area contributed by atoms with Crippen molar-refractivity contribution in [3.05, 3.63) is 48.2 Å². The normalized spacial score (nSPS) is 11.3. The van der Waals surface area contributed by atoms with E-state index in [4.69, 9.17) is 0 Å². The third kappa shape index (κ3) is 5.19. The Morgan fingerprint density at radius 1 is 0.960 bits per heavy atom. The number of nitrogens with one attached hydrogen (secondary N) is 1. The van der Waals surface area contributed by atoms with Crippen LogP contribution >= 0.6 is 0 Å². The van der Waals surface area contributed by atoms with Gasteiger partial charge >= 0.3 is 0 Å². The van der Waals surface area contributed by atoms with Gasteiger partial charge in [0, 0.05) is 13.1 Å². The first-order valence-electron chi connectivity index (χ1n) is 8.83. The maximum atomic E-state index is 12.5. The van der Waals surface area contributed by atoms with Gasteiger partial charge < -0.3 is 4.90 Å². The fourth-order valence-corrected chi connectivity index (χ4v) is 3.68. The van der Waals surface area contributed by atoms with Crippen molar-refractivity contribution in [1.29, 1.82) is 0 Å². The van der Waals surface area contributed by atoms with Crippen molar-refractivity contribution in [3.8, 4) is 0 Å². The summed E-state index contributed by atoms with van der Waals surface area (Å²) in [4.78, 5) is 6.89. The van der Waals surface area contributed by atoms with Gasteiger partial charge in [0.2, 0.25) is 0 Å². The van der Waals surface area contributed by atoms with Crippen LogP contribution in [0.15, 0.2) is 47.5 Å². The average Bonchev–Trinajstić information content (AvgIpc) is 2.62. The van der Waals surface area contributed by atoms with Gasteiger partial charge in [0.1, 0.15) is 5.82 Å². The van der Waals surface area contributed by atoms with Crippen molar-refractivity contribution >= 4 is 21.5 Å². The monoisotopic (exact) mass is 361 g/mol. The average molecular weight is 362 g/mol. The molecule has 0 atom stereocenters. The lowest BCUT2D eigenvalue weighted by molar-refractivity contribution is 0.601. The molecule has 0 amide bonds. The quantitative estimate of drug-likeness (QED) is 0.731. The van der Waals surface area contributed by atoms with E-state index in [9.17, 15) is 8.42 Å². The van der Waals surface area contributed by atoms with E-state index in [0.717, 1.165) is 43.7 Å². The number of pyridine rings is 1. The number of nitrogens with zero attached hydrogens (tertiary/aromatic N) is 2. The highest BCUT2D eigenvalue weighted by Crippen LogP contribution is 2.19. The fraction of sp³-hybridized carbons (Fsp3) is 0.421. The molecule has 1 aromatic heterocycles. The molecule has 0 bridgehead atoms. The molecule has 1 aromatic carbocycles. The molecule has 0 radical (unpaired) electrons. The first-order chi connectivity index (χ1) is 12.0. The predicted molar refractivity (Wildman–Crippen MR) is 104 cm³/mol. The Kier molecular flexibility index (Phi) is 6.82. The van der Waals surface area contributed by atoms with Crippen molar-refractivity contribution in [2.24, 2.45) is 0 Å². The van der Waals surface area contributed by atoms with Crippen LogP contribution in [0.1, 0.15) is 39.2 Å². The Morgan fingerprint density at radius 2 is 1.60 bits per heavy atom. The van der Waals surface area contributed by atoms with Gasteiger partial charge in [-0.25, -0.2) is 13.4 Å². The number of aromatic nitrogens is 1. The van der Waals surface area contributed by atoms with E-state index in [2.05, 4.69) is 28.5 Å². The number of benzene rings is 1. The summed E-state index contributed by atoms with van der Waals surface area (Å²) in [5.41, 5.74) is 1.58. The lowest BCUT2D eigenvalue weighted by atomic mass is 10.2. The van der Waals surface area contributed by atoms with Crippen molar-refractivity contribution in [2.75, 3.05) is 22.7 Å². The lowest BCUT2D eigenvalue weighted by Crippen LogP contribution is -2.25. The van der Waals surface area contributed by atoms with Crippen molar-refractivity contribution in [2.45, 2.75) is 44.9 Å². The molecule has 1 N–H and O–H groups in total. The smallest absolute Gasteiger partial charge is 0.261 e. The first-order valence-corrected chi connectivity index (χ1v) is 10.3. The highest BCUT2D eigenvalue weighted by Gasteiger charge is 2.14. The van der Waals surface area contributed by atoms with Crippen molar-refractivity contribution in [3.63, 3.8) is 0 Å². The molecule has 0 spiro atoms. The Hall–Kier alpha value is -2.08. The van der Waals surface area contributed by atoms with Crippen LogP contribution in [-0.4, -0.2) is 26.5 Å². The van der Waals surface area contributed by atoms with Gasteiger partial charge in [0.15, 0.2) is 0 Å². The van der Waals surface area contributed by atoms with Crippen LogP contribution in [0.25, 0.3) is 0 Å². The molecule has 0 saturated heterocycles. The summed E-state index contributed by atoms with van der Waals surface area (Å²) < 4.78 is 27.5. The maximum Gasteiger partial charge on any atom is 0.261 e. The first kappa shape index (κ1) is 19.2. The van der Waals surface area contributed by atoms with Gasteiger partial charge in [-0.3, -0.25) is 4.72 Å². The van der Waals surface area contributed by atoms with Crippen molar-refractivity contribution in [1.82, 2.24) is 4.98 Å². The zero-order valence-electron chi connectivity index (χ0n) is 15.2. The Bertz CT molecular complexity index is 750. The van der Waals surface area contributed by atoms with Gasteiger partial charge in [-0.05, 0) is 49.1 Å². The molecule has 0 aliphatic rings. The standard InChI is InChI=1S/C19H27N3O2S/c1-4-13-22(14-5-2)19-12-9-17(15-20-19)21-25(23,24)18-10-7-16(6-3)8-11-18/h7-12,15,21H,4-6,13-14H2,1-3H3. The van der Waals surface area contributed by atoms with Crippen LogP contribution in [-0.2, 0) is 16.4 Å². The van der Waals surface area contributed by atoms with Crippen LogP contribution in [0.5, 0.6) is 0 Å². The number of hydrogen-bond acceptors (Lipinski definition) is 4. The van der Waals surface area contributed by atoms with Crippen molar-refractivity contribution < 1.29 is 8.42 Å². The minimum absolute atomic E-state index is 0.257. The number of aryl methyl sites for hydroxylation is 1. The number of sulfonamides is 1. The van der Waals surface area contributed by atoms with E-state index in [-0.39, 0.29) is 4.90 Å². The molecular weight excluding hydrogens is 334 g/mol. The van der Waals surface area contributed by atoms with E-state index >= 15 is 0 Å². The lowest BCUT2D eigenvalue weighted by Gasteiger charge is -2.22. The van der Waals surface area contributed by atoms with Crippen LogP contribution in [0.3, 0.4) is 0 Å². The summed E-state index contributed by atoms with van der Waals surface area (Å²) in [7, 11) is -3.60. The molecule has 6 heteroatoms. The third-order valence-corrected chi connectivity index (χ3v) is 5.35. The maximum absolute atomic E-state index is 12.5. The van der Waals surface area contributed by atoms with Crippen LogP contribution < -0.4 is 9.62 Å². The molecule has 2 aromatic rings. The summed E-state index contributed by atoms with van der Waals surface area (Å²) in [6.45, 7) is 8.19. The molecular formula is C19H27N3O2S. The Morgan fingerprint density at radius 3 is 2.08 bits per heavy atom. The number of rotatable bonds is 9. The van der Waals surface area contributed by atoms with E-state index in [1.54, 1.807) is 24.4 Å². The molecule has 0 aliphatic heterocycles. The van der Waals surface area contributed by atoms with E-state index in [0.29, 0.717) is 5.69 Å². The summed E-state index contributed by atoms with van der Waals surface area (Å²) in [5, 5.41) is 0. The van der Waals surface area contributed by atoms with Gasteiger partial charge in [-0.15, -0.1) is 0 Å². The summed E-state index contributed by atoms with van der Waals surface area (Å²) in [5.74, 6) is 0.874.